The fourth-order valence-electron chi connectivity index (χ4n) is 6.39. The van der Waals surface area contributed by atoms with E-state index in [2.05, 4.69) is 9.88 Å². The van der Waals surface area contributed by atoms with Crippen molar-refractivity contribution in [2.75, 3.05) is 44.2 Å². The summed E-state index contributed by atoms with van der Waals surface area (Å²) in [5.41, 5.74) is 0.767. The van der Waals surface area contributed by atoms with E-state index in [0.29, 0.717) is 63.1 Å². The van der Waals surface area contributed by atoms with Gasteiger partial charge in [0, 0.05) is 74.3 Å². The van der Waals surface area contributed by atoms with Crippen LogP contribution in [0.2, 0.25) is 0 Å². The predicted octanol–water partition coefficient (Wildman–Crippen LogP) is 2.61. The second-order valence-electron chi connectivity index (χ2n) is 11.1. The summed E-state index contributed by atoms with van der Waals surface area (Å²) >= 11 is 0. The van der Waals surface area contributed by atoms with E-state index in [1.165, 1.54) is 12.3 Å². The van der Waals surface area contributed by atoms with Crippen LogP contribution in [0, 0.1) is 11.7 Å². The Morgan fingerprint density at radius 3 is 2.46 bits per heavy atom. The molecule has 1 atom stereocenters. The molecule has 4 fully saturated rings. The summed E-state index contributed by atoms with van der Waals surface area (Å²) in [7, 11) is 0. The molecule has 2 aliphatic carbocycles. The van der Waals surface area contributed by atoms with Gasteiger partial charge in [-0.3, -0.25) is 14.6 Å². The minimum Gasteiger partial charge on any atom is -0.449 e. The number of amides is 2. The molecular weight excluding hydrogens is 475 g/mol. The first-order chi connectivity index (χ1) is 17.9. The average Bonchev–Trinajstić information content (AvgIpc) is 3.85. The highest BCUT2D eigenvalue weighted by Crippen LogP contribution is 2.53. The molecule has 4 heterocycles. The number of fused-ring (bicyclic) bond motifs is 2. The number of hydrogen-bond donors (Lipinski definition) is 0. The lowest BCUT2D eigenvalue weighted by atomic mass is 9.92. The topological polar surface area (TPSA) is 83.0 Å². The van der Waals surface area contributed by atoms with Crippen molar-refractivity contribution in [1.29, 1.82) is 0 Å². The number of aromatic nitrogens is 1. The molecule has 7 rings (SSSR count). The first-order valence-corrected chi connectivity index (χ1v) is 13.2. The van der Waals surface area contributed by atoms with E-state index in [1.807, 2.05) is 11.0 Å². The van der Waals surface area contributed by atoms with Gasteiger partial charge in [-0.25, -0.2) is 9.18 Å². The second-order valence-corrected chi connectivity index (χ2v) is 11.1. The molecule has 0 unspecified atom stereocenters. The predicted molar refractivity (Wildman–Crippen MR) is 131 cm³/mol. The van der Waals surface area contributed by atoms with Crippen LogP contribution in [0.5, 0.6) is 0 Å². The van der Waals surface area contributed by atoms with Gasteiger partial charge >= 0.3 is 5.97 Å². The molecular formula is C28H29FN4O4. The highest BCUT2D eigenvalue weighted by Gasteiger charge is 2.58. The Hall–Kier alpha value is -3.49. The third-order valence-corrected chi connectivity index (χ3v) is 8.85. The van der Waals surface area contributed by atoms with Crippen LogP contribution in [0.3, 0.4) is 0 Å². The number of carbonyl (C=O) groups is 3. The second kappa shape index (κ2) is 8.00. The van der Waals surface area contributed by atoms with Gasteiger partial charge in [-0.05, 0) is 43.9 Å². The Balaban J connectivity index is 1.06. The maximum absolute atomic E-state index is 15.5. The van der Waals surface area contributed by atoms with Crippen LogP contribution >= 0.6 is 0 Å². The molecule has 0 N–H and O–H groups in total. The van der Waals surface area contributed by atoms with Gasteiger partial charge < -0.3 is 19.4 Å². The van der Waals surface area contributed by atoms with E-state index in [4.69, 9.17) is 4.74 Å². The van der Waals surface area contributed by atoms with E-state index in [9.17, 15) is 14.4 Å². The van der Waals surface area contributed by atoms with Crippen molar-refractivity contribution in [3.63, 3.8) is 0 Å². The third kappa shape index (κ3) is 3.54. The smallest absolute Gasteiger partial charge is 0.341 e. The Kier molecular flexibility index (Phi) is 4.91. The highest BCUT2D eigenvalue weighted by atomic mass is 19.1. The van der Waals surface area contributed by atoms with Crippen molar-refractivity contribution in [2.24, 2.45) is 5.92 Å². The number of pyridine rings is 1. The van der Waals surface area contributed by atoms with Gasteiger partial charge in [-0.2, -0.15) is 0 Å². The molecule has 37 heavy (non-hydrogen) atoms. The van der Waals surface area contributed by atoms with E-state index >= 15 is 4.39 Å². The molecule has 1 aromatic carbocycles. The molecule has 1 aromatic heterocycles. The molecule has 2 amide bonds. The molecule has 8 nitrogen and oxygen atoms in total. The van der Waals surface area contributed by atoms with Crippen LogP contribution in [-0.2, 0) is 25.3 Å². The number of carbonyl (C=O) groups excluding carboxylic acids is 3. The maximum Gasteiger partial charge on any atom is 0.341 e. The molecule has 1 spiro atoms. The van der Waals surface area contributed by atoms with E-state index in [1.54, 1.807) is 23.2 Å². The van der Waals surface area contributed by atoms with Crippen molar-refractivity contribution >= 4 is 23.5 Å². The fourth-order valence-corrected chi connectivity index (χ4v) is 6.39. The van der Waals surface area contributed by atoms with Gasteiger partial charge in [0.1, 0.15) is 5.82 Å². The molecule has 5 aliphatic rings. The molecule has 2 saturated heterocycles. The molecule has 2 saturated carbocycles. The molecule has 192 valence electrons. The number of likely N-dealkylation sites (tertiary alicyclic amines) is 1. The summed E-state index contributed by atoms with van der Waals surface area (Å²) in [4.78, 5) is 48.2. The number of nitrogens with zero attached hydrogens (tertiary/aromatic N) is 4. The number of ether oxygens (including phenoxy) is 1. The van der Waals surface area contributed by atoms with Crippen molar-refractivity contribution in [3.05, 3.63) is 59.2 Å². The Morgan fingerprint density at radius 2 is 1.76 bits per heavy atom. The van der Waals surface area contributed by atoms with E-state index in [-0.39, 0.29) is 30.1 Å². The lowest BCUT2D eigenvalue weighted by Gasteiger charge is -2.36. The summed E-state index contributed by atoms with van der Waals surface area (Å²) in [5, 5.41) is 0. The van der Waals surface area contributed by atoms with Gasteiger partial charge in [0.05, 0.1) is 17.5 Å². The zero-order valence-corrected chi connectivity index (χ0v) is 20.6. The van der Waals surface area contributed by atoms with Crippen molar-refractivity contribution < 1.29 is 23.5 Å². The number of piperazine rings is 1. The van der Waals surface area contributed by atoms with Crippen molar-refractivity contribution in [2.45, 2.75) is 43.1 Å². The molecule has 9 heteroatoms. The number of rotatable bonds is 4. The molecule has 2 aromatic rings. The van der Waals surface area contributed by atoms with Crippen LogP contribution in [0.25, 0.3) is 0 Å². The van der Waals surface area contributed by atoms with Gasteiger partial charge in [0.25, 0.3) is 0 Å². The van der Waals surface area contributed by atoms with Crippen molar-refractivity contribution in [3.8, 4) is 0 Å². The zero-order chi connectivity index (χ0) is 25.4. The highest BCUT2D eigenvalue weighted by molar-refractivity contribution is 5.95. The summed E-state index contributed by atoms with van der Waals surface area (Å²) < 4.78 is 21.3. The first-order valence-electron chi connectivity index (χ1n) is 13.2. The van der Waals surface area contributed by atoms with Crippen LogP contribution in [0.15, 0.2) is 36.7 Å². The van der Waals surface area contributed by atoms with Crippen LogP contribution in [0.4, 0.5) is 10.1 Å². The molecule has 0 bridgehead atoms. The largest absolute Gasteiger partial charge is 0.449 e. The normalized spacial score (nSPS) is 25.9. The van der Waals surface area contributed by atoms with Crippen LogP contribution in [-0.4, -0.2) is 71.8 Å². The Labute approximate surface area is 214 Å². The lowest BCUT2D eigenvalue weighted by molar-refractivity contribution is -0.134. The number of esters is 1. The third-order valence-electron chi connectivity index (χ3n) is 8.85. The minimum atomic E-state index is -0.854. The van der Waals surface area contributed by atoms with E-state index in [0.717, 1.165) is 24.1 Å². The number of halogens is 1. The average molecular weight is 505 g/mol. The minimum absolute atomic E-state index is 0.0956. The van der Waals surface area contributed by atoms with Crippen LogP contribution < -0.4 is 4.90 Å². The summed E-state index contributed by atoms with van der Waals surface area (Å²) in [6, 6.07) is 6.99. The summed E-state index contributed by atoms with van der Waals surface area (Å²) in [6.07, 6.45) is 6.88. The summed E-state index contributed by atoms with van der Waals surface area (Å²) in [5.74, 6) is -0.391. The van der Waals surface area contributed by atoms with Crippen molar-refractivity contribution in [1.82, 2.24) is 14.8 Å². The zero-order valence-electron chi connectivity index (χ0n) is 20.6. The number of hydrogen-bond acceptors (Lipinski definition) is 6. The first kappa shape index (κ1) is 22.7. The van der Waals surface area contributed by atoms with Gasteiger partial charge in [0.2, 0.25) is 11.8 Å². The SMILES string of the molecule is O=C1O[C@]2(CCN(C(=O)C3(c4ccc(N5CCN(C(=O)C6CC6)CC5)cc4F)CC3)C2)c2ccncc21. The Morgan fingerprint density at radius 1 is 0.973 bits per heavy atom. The van der Waals surface area contributed by atoms with Gasteiger partial charge in [0.15, 0.2) is 5.60 Å². The lowest BCUT2D eigenvalue weighted by Crippen LogP contribution is -2.49. The fraction of sp³-hybridized carbons (Fsp3) is 0.500. The molecule has 0 radical (unpaired) electrons. The number of benzene rings is 1. The van der Waals surface area contributed by atoms with Gasteiger partial charge in [-0.1, -0.05) is 6.07 Å². The quantitative estimate of drug-likeness (QED) is 0.596. The summed E-state index contributed by atoms with van der Waals surface area (Å²) in [6.45, 7) is 3.39. The maximum atomic E-state index is 15.5. The monoisotopic (exact) mass is 504 g/mol. The Bertz CT molecular complexity index is 1320. The van der Waals surface area contributed by atoms with Gasteiger partial charge in [-0.15, -0.1) is 0 Å². The van der Waals surface area contributed by atoms with Crippen LogP contribution in [0.1, 0.15) is 53.6 Å². The number of anilines is 1. The molecule has 3 aliphatic heterocycles. The standard InChI is InChI=1S/C28H29FN4O4/c29-23-15-19(31-11-13-32(14-12-31)24(34)18-1-2-18)3-4-22(23)27(6-7-27)26(36)33-10-8-28(17-33)21-5-9-30-16-20(21)25(35)37-28/h3-5,9,15-16,18H,1-2,6-8,10-14,17H2/t28-/m0/s1. The van der Waals surface area contributed by atoms with E-state index < -0.39 is 17.0 Å².